The second kappa shape index (κ2) is 10.2. The van der Waals surface area contributed by atoms with Crippen LogP contribution in [0.15, 0.2) is 35.1 Å². The molecule has 2 heterocycles. The number of aromatic nitrogens is 2. The monoisotopic (exact) mass is 436 g/mol. The third kappa shape index (κ3) is 5.54. The third-order valence-electron chi connectivity index (χ3n) is 5.09. The van der Waals surface area contributed by atoms with E-state index in [9.17, 15) is 4.79 Å². The van der Waals surface area contributed by atoms with Gasteiger partial charge in [-0.05, 0) is 43.9 Å². The van der Waals surface area contributed by atoms with Crippen molar-refractivity contribution in [3.63, 3.8) is 0 Å². The molecule has 158 valence electrons. The fourth-order valence-corrected chi connectivity index (χ4v) is 4.52. The maximum Gasteiger partial charge on any atom is 0.223 e. The highest BCUT2D eigenvalue weighted by atomic mass is 35.5. The number of nitrogens with two attached hydrogens (primary N) is 1. The molecule has 1 aromatic rings. The molecule has 6 nitrogen and oxygen atoms in total. The summed E-state index contributed by atoms with van der Waals surface area (Å²) in [6.45, 7) is 12.9. The molecule has 0 aromatic carbocycles. The molecule has 2 rings (SSSR count). The molecule has 0 aliphatic carbocycles. The highest BCUT2D eigenvalue weighted by Crippen LogP contribution is 2.41. The molecule has 2 N–H and O–H groups in total. The fraction of sp³-hybridized carbons (Fsp3) is 0.476. The predicted octanol–water partition coefficient (Wildman–Crippen LogP) is 4.73. The summed E-state index contributed by atoms with van der Waals surface area (Å²) < 4.78 is 5.59. The molecule has 1 aliphatic heterocycles. The topological polar surface area (TPSA) is 81.3 Å². The van der Waals surface area contributed by atoms with E-state index >= 15 is 0 Å². The Labute approximate surface area is 182 Å². The highest BCUT2D eigenvalue weighted by molar-refractivity contribution is 8.13. The van der Waals surface area contributed by atoms with Crippen molar-refractivity contribution in [2.75, 3.05) is 36.6 Å². The molecule has 0 fully saturated rings. The van der Waals surface area contributed by atoms with Gasteiger partial charge in [0.15, 0.2) is 5.12 Å². The Morgan fingerprint density at radius 3 is 2.66 bits per heavy atom. The number of halogens is 1. The average Bonchev–Trinajstić information content (AvgIpc) is 2.99. The molecule has 0 saturated carbocycles. The van der Waals surface area contributed by atoms with Gasteiger partial charge < -0.3 is 15.4 Å². The van der Waals surface area contributed by atoms with Crippen molar-refractivity contribution in [2.24, 2.45) is 0 Å². The summed E-state index contributed by atoms with van der Waals surface area (Å²) in [5, 5.41) is 0.511. The van der Waals surface area contributed by atoms with Crippen molar-refractivity contribution in [1.29, 1.82) is 0 Å². The first kappa shape index (κ1) is 23.3. The number of carbonyl (C=O) groups is 1. The average molecular weight is 437 g/mol. The number of nitrogen functional groups attached to an aromatic ring is 1. The first-order chi connectivity index (χ1) is 13.7. The number of hydrogen-bond donors (Lipinski definition) is 1. The van der Waals surface area contributed by atoms with Gasteiger partial charge in [0.2, 0.25) is 5.95 Å². The maximum absolute atomic E-state index is 11.3. The molecule has 0 amide bonds. The molecule has 0 saturated heterocycles. The minimum absolute atomic E-state index is 0.116. The largest absolute Gasteiger partial charge is 0.496 e. The molecule has 0 spiro atoms. The van der Waals surface area contributed by atoms with Gasteiger partial charge in [-0.2, -0.15) is 4.98 Å². The lowest BCUT2D eigenvalue weighted by Crippen LogP contribution is -2.25. The number of thioether (sulfide) groups is 1. The number of nitrogens with zero attached hydrogens (tertiary/aromatic N) is 3. The standard InChI is InChI=1S/C21H29ClN4O2S/c1-7-12(2)18(28-6)14(4)13(3)10-26-11-16(8-9-29-15(5)27)17-19(22)24-21(23)25-20(17)26/h7,16H,1,8-11H2,2-6H3,(H2,23,24,25)/b14-13+,18-12+. The van der Waals surface area contributed by atoms with Crippen LogP contribution >= 0.6 is 23.4 Å². The van der Waals surface area contributed by atoms with Crippen LogP contribution < -0.4 is 10.6 Å². The first-order valence-electron chi connectivity index (χ1n) is 9.44. The Bertz CT molecular complexity index is 866. The van der Waals surface area contributed by atoms with Crippen LogP contribution in [0.3, 0.4) is 0 Å². The molecule has 0 radical (unpaired) electrons. The van der Waals surface area contributed by atoms with Crippen LogP contribution in [0.5, 0.6) is 0 Å². The van der Waals surface area contributed by atoms with E-state index in [1.807, 2.05) is 13.8 Å². The number of fused-ring (bicyclic) bond motifs is 1. The Kier molecular flexibility index (Phi) is 8.16. The molecule has 8 heteroatoms. The van der Waals surface area contributed by atoms with Crippen LogP contribution in [0, 0.1) is 0 Å². The van der Waals surface area contributed by atoms with Crippen LogP contribution in [-0.2, 0) is 9.53 Å². The van der Waals surface area contributed by atoms with Crippen LogP contribution in [-0.4, -0.2) is 41.0 Å². The van der Waals surface area contributed by atoms with Crippen LogP contribution in [0.25, 0.3) is 0 Å². The number of rotatable bonds is 8. The lowest BCUT2D eigenvalue weighted by atomic mass is 10.0. The Hall–Kier alpha value is -1.99. The van der Waals surface area contributed by atoms with E-state index in [4.69, 9.17) is 22.1 Å². The zero-order chi connectivity index (χ0) is 21.7. The summed E-state index contributed by atoms with van der Waals surface area (Å²) >= 11 is 7.75. The van der Waals surface area contributed by atoms with Gasteiger partial charge >= 0.3 is 0 Å². The molecule has 1 aliphatic rings. The Morgan fingerprint density at radius 2 is 2.07 bits per heavy atom. The molecule has 0 bridgehead atoms. The van der Waals surface area contributed by atoms with Crippen molar-refractivity contribution in [2.45, 2.75) is 40.0 Å². The van der Waals surface area contributed by atoms with Gasteiger partial charge in [0.25, 0.3) is 0 Å². The minimum Gasteiger partial charge on any atom is -0.496 e. The normalized spacial score (nSPS) is 17.4. The predicted molar refractivity (Wildman–Crippen MR) is 122 cm³/mol. The lowest BCUT2D eigenvalue weighted by Gasteiger charge is -2.22. The smallest absolute Gasteiger partial charge is 0.223 e. The van der Waals surface area contributed by atoms with Crippen molar-refractivity contribution in [1.82, 2.24) is 9.97 Å². The van der Waals surface area contributed by atoms with Gasteiger partial charge in [0.1, 0.15) is 16.7 Å². The Balaban J connectivity index is 2.34. The lowest BCUT2D eigenvalue weighted by molar-refractivity contribution is -0.109. The zero-order valence-corrected chi connectivity index (χ0v) is 19.3. The van der Waals surface area contributed by atoms with Gasteiger partial charge in [-0.25, -0.2) is 4.98 Å². The van der Waals surface area contributed by atoms with E-state index in [2.05, 4.69) is 28.4 Å². The zero-order valence-electron chi connectivity index (χ0n) is 17.7. The highest BCUT2D eigenvalue weighted by Gasteiger charge is 2.33. The SMILES string of the molecule is C=C/C(C)=C(OC)\C(C)=C(/C)CN1CC(CCSC(C)=O)c2c(Cl)nc(N)nc21. The van der Waals surface area contributed by atoms with E-state index in [0.717, 1.165) is 52.6 Å². The third-order valence-corrected chi connectivity index (χ3v) is 6.23. The number of ether oxygens (including phenoxy) is 1. The van der Waals surface area contributed by atoms with Gasteiger partial charge in [0.05, 0.1) is 7.11 Å². The van der Waals surface area contributed by atoms with Gasteiger partial charge in [-0.3, -0.25) is 4.79 Å². The van der Waals surface area contributed by atoms with Crippen molar-refractivity contribution in [3.05, 3.63) is 45.8 Å². The molecular formula is C21H29ClN4O2S. The van der Waals surface area contributed by atoms with Crippen molar-refractivity contribution >= 4 is 40.2 Å². The number of hydrogen-bond acceptors (Lipinski definition) is 7. The quantitative estimate of drug-likeness (QED) is 0.358. The molecule has 29 heavy (non-hydrogen) atoms. The maximum atomic E-state index is 11.3. The van der Waals surface area contributed by atoms with E-state index in [1.54, 1.807) is 20.1 Å². The Morgan fingerprint density at radius 1 is 1.38 bits per heavy atom. The minimum atomic E-state index is 0.116. The number of allylic oxidation sites excluding steroid dienone is 3. The summed E-state index contributed by atoms with van der Waals surface area (Å²) in [5.74, 6) is 2.65. The fourth-order valence-electron chi connectivity index (χ4n) is 3.50. The van der Waals surface area contributed by atoms with Gasteiger partial charge in [-0.1, -0.05) is 36.0 Å². The van der Waals surface area contributed by atoms with E-state index in [-0.39, 0.29) is 17.0 Å². The van der Waals surface area contributed by atoms with Crippen molar-refractivity contribution < 1.29 is 9.53 Å². The van der Waals surface area contributed by atoms with Crippen LogP contribution in [0.4, 0.5) is 11.8 Å². The van der Waals surface area contributed by atoms with E-state index in [1.165, 1.54) is 11.8 Å². The van der Waals surface area contributed by atoms with E-state index < -0.39 is 0 Å². The summed E-state index contributed by atoms with van der Waals surface area (Å²) in [6.07, 6.45) is 2.61. The second-order valence-corrected chi connectivity index (χ2v) is 8.77. The second-order valence-electron chi connectivity index (χ2n) is 7.14. The van der Waals surface area contributed by atoms with Crippen LogP contribution in [0.2, 0.25) is 5.15 Å². The first-order valence-corrected chi connectivity index (χ1v) is 10.8. The molecule has 1 aromatic heterocycles. The van der Waals surface area contributed by atoms with Gasteiger partial charge in [0, 0.05) is 37.2 Å². The summed E-state index contributed by atoms with van der Waals surface area (Å²) in [4.78, 5) is 22.1. The molecule has 1 atom stereocenters. The molecule has 1 unspecified atom stereocenters. The summed E-state index contributed by atoms with van der Waals surface area (Å²) in [6, 6.07) is 0. The van der Waals surface area contributed by atoms with Crippen LogP contribution in [0.1, 0.15) is 45.6 Å². The number of carbonyl (C=O) groups excluding carboxylic acids is 1. The van der Waals surface area contributed by atoms with E-state index in [0.29, 0.717) is 11.7 Å². The van der Waals surface area contributed by atoms with Gasteiger partial charge in [-0.15, -0.1) is 0 Å². The number of methoxy groups -OCH3 is 1. The molecular weight excluding hydrogens is 408 g/mol. The summed E-state index contributed by atoms with van der Waals surface area (Å²) in [7, 11) is 1.67. The van der Waals surface area contributed by atoms with Crippen molar-refractivity contribution in [3.8, 4) is 0 Å². The summed E-state index contributed by atoms with van der Waals surface area (Å²) in [5.41, 5.74) is 9.99. The number of anilines is 2.